The smallest absolute Gasteiger partial charge is 0.269 e. The van der Waals surface area contributed by atoms with Gasteiger partial charge >= 0.3 is 0 Å². The molecule has 8 heteroatoms. The normalized spacial score (nSPS) is 11.3. The lowest BCUT2D eigenvalue weighted by Crippen LogP contribution is -2.00. The van der Waals surface area contributed by atoms with Crippen molar-refractivity contribution in [1.82, 2.24) is 4.57 Å². The van der Waals surface area contributed by atoms with Crippen LogP contribution in [0, 0.1) is 21.4 Å². The average molecular weight is 338 g/mol. The number of non-ortho nitro benzene ring substituents is 1. The number of ketones is 1. The first kappa shape index (κ1) is 17.6. The van der Waals surface area contributed by atoms with Crippen LogP contribution in [0.3, 0.4) is 0 Å². The van der Waals surface area contributed by atoms with Crippen molar-refractivity contribution in [3.8, 4) is 6.07 Å². The van der Waals surface area contributed by atoms with Crippen LogP contribution in [0.2, 0.25) is 0 Å². The predicted molar refractivity (Wildman–Crippen MR) is 91.0 cm³/mol. The summed E-state index contributed by atoms with van der Waals surface area (Å²) in [7, 11) is 3.11. The van der Waals surface area contributed by atoms with Crippen LogP contribution in [0.1, 0.15) is 21.6 Å². The molecule has 0 aliphatic rings. The van der Waals surface area contributed by atoms with E-state index >= 15 is 0 Å². The van der Waals surface area contributed by atoms with Crippen molar-refractivity contribution in [1.29, 1.82) is 5.26 Å². The number of nitro benzene ring substituents is 1. The van der Waals surface area contributed by atoms with Gasteiger partial charge in [0.1, 0.15) is 13.2 Å². The number of allylic oxidation sites excluding steroid dienone is 1. The minimum absolute atomic E-state index is 0.0793. The summed E-state index contributed by atoms with van der Waals surface area (Å²) in [5, 5.41) is 23.3. The molecule has 0 radical (unpaired) electrons. The van der Waals surface area contributed by atoms with Crippen molar-refractivity contribution in [3.05, 3.63) is 69.0 Å². The van der Waals surface area contributed by atoms with Gasteiger partial charge in [-0.1, -0.05) is 5.16 Å². The van der Waals surface area contributed by atoms with E-state index in [0.29, 0.717) is 16.8 Å². The number of hydrogen-bond donors (Lipinski definition) is 0. The van der Waals surface area contributed by atoms with Gasteiger partial charge in [0.05, 0.1) is 16.7 Å². The Bertz CT molecular complexity index is 902. The number of nitriles is 1. The third-order valence-electron chi connectivity index (χ3n) is 3.38. The number of rotatable bonds is 6. The highest BCUT2D eigenvalue weighted by molar-refractivity contribution is 6.09. The van der Waals surface area contributed by atoms with Crippen molar-refractivity contribution in [2.45, 2.75) is 0 Å². The van der Waals surface area contributed by atoms with Gasteiger partial charge in [0, 0.05) is 42.2 Å². The summed E-state index contributed by atoms with van der Waals surface area (Å²) < 4.78 is 1.69. The van der Waals surface area contributed by atoms with E-state index in [4.69, 9.17) is 5.26 Å². The number of benzene rings is 1. The van der Waals surface area contributed by atoms with Gasteiger partial charge in [-0.3, -0.25) is 14.9 Å². The van der Waals surface area contributed by atoms with Crippen molar-refractivity contribution in [2.24, 2.45) is 12.2 Å². The Labute approximate surface area is 143 Å². The summed E-state index contributed by atoms with van der Waals surface area (Å²) in [4.78, 5) is 27.2. The molecule has 8 nitrogen and oxygen atoms in total. The third kappa shape index (κ3) is 4.17. The van der Waals surface area contributed by atoms with Gasteiger partial charge < -0.3 is 9.40 Å². The number of nitrogens with zero attached hydrogens (tertiary/aromatic N) is 4. The monoisotopic (exact) mass is 338 g/mol. The lowest BCUT2D eigenvalue weighted by molar-refractivity contribution is -0.384. The van der Waals surface area contributed by atoms with Gasteiger partial charge in [0.15, 0.2) is 5.78 Å². The highest BCUT2D eigenvalue weighted by Crippen LogP contribution is 2.18. The molecule has 0 fully saturated rings. The lowest BCUT2D eigenvalue weighted by atomic mass is 10.1. The van der Waals surface area contributed by atoms with E-state index in [-0.39, 0.29) is 17.0 Å². The molecular weight excluding hydrogens is 324 g/mol. The third-order valence-corrected chi connectivity index (χ3v) is 3.38. The maximum Gasteiger partial charge on any atom is 0.269 e. The molecule has 0 atom stereocenters. The molecule has 0 saturated carbocycles. The molecule has 0 aliphatic heterocycles. The zero-order valence-corrected chi connectivity index (χ0v) is 13.5. The fraction of sp³-hybridized carbons (Fsp3) is 0.118. The molecule has 0 saturated heterocycles. The topological polar surface area (TPSA) is 111 Å². The molecule has 2 rings (SSSR count). The van der Waals surface area contributed by atoms with Gasteiger partial charge in [-0.25, -0.2) is 0 Å². The SMILES string of the molecule is CON=CC(C#N)=Cc1cc(C(=O)c2ccc([N+](=O)[O-])cc2)cn1C. The van der Waals surface area contributed by atoms with E-state index in [9.17, 15) is 14.9 Å². The predicted octanol–water partition coefficient (Wildman–Crippen LogP) is 2.70. The summed E-state index contributed by atoms with van der Waals surface area (Å²) in [6, 6.07) is 8.99. The molecule has 126 valence electrons. The van der Waals surface area contributed by atoms with Gasteiger partial charge in [-0.2, -0.15) is 5.26 Å². The fourth-order valence-corrected chi connectivity index (χ4v) is 2.12. The maximum atomic E-state index is 12.5. The van der Waals surface area contributed by atoms with Crippen LogP contribution in [0.4, 0.5) is 5.69 Å². The summed E-state index contributed by atoms with van der Waals surface area (Å²) in [5.74, 6) is -0.269. The molecule has 1 heterocycles. The minimum Gasteiger partial charge on any atom is -0.399 e. The second-order valence-electron chi connectivity index (χ2n) is 5.03. The Morgan fingerprint density at radius 3 is 2.60 bits per heavy atom. The zero-order valence-electron chi connectivity index (χ0n) is 13.5. The number of carbonyl (C=O) groups excluding carboxylic acids is 1. The maximum absolute atomic E-state index is 12.5. The van der Waals surface area contributed by atoms with Gasteiger partial charge in [0.2, 0.25) is 0 Å². The van der Waals surface area contributed by atoms with E-state index in [1.807, 2.05) is 6.07 Å². The van der Waals surface area contributed by atoms with Crippen LogP contribution in [0.25, 0.3) is 6.08 Å². The summed E-state index contributed by atoms with van der Waals surface area (Å²) in [6.07, 6.45) is 4.46. The average Bonchev–Trinajstić information content (AvgIpc) is 2.98. The highest BCUT2D eigenvalue weighted by atomic mass is 16.6. The number of hydrogen-bond acceptors (Lipinski definition) is 6. The van der Waals surface area contributed by atoms with Crippen LogP contribution in [0.5, 0.6) is 0 Å². The van der Waals surface area contributed by atoms with E-state index in [1.165, 1.54) is 37.6 Å². The Balaban J connectivity index is 2.31. The quantitative estimate of drug-likeness (QED) is 0.264. The lowest BCUT2D eigenvalue weighted by Gasteiger charge is -1.97. The molecule has 0 spiro atoms. The Hall–Kier alpha value is -3.73. The molecular formula is C17H14N4O4. The van der Waals surface area contributed by atoms with Crippen LogP contribution in [0.15, 0.2) is 47.3 Å². The van der Waals surface area contributed by atoms with Gasteiger partial charge in [0.25, 0.3) is 5.69 Å². The highest BCUT2D eigenvalue weighted by Gasteiger charge is 2.14. The Kier molecular flexibility index (Phi) is 5.43. The molecule has 0 aliphatic carbocycles. The molecule has 0 amide bonds. The van der Waals surface area contributed by atoms with Crippen molar-refractivity contribution in [3.63, 3.8) is 0 Å². The molecule has 25 heavy (non-hydrogen) atoms. The standard InChI is InChI=1S/C17H14N4O4/c1-20-11-14(8-16(20)7-12(9-18)10-19-25-2)17(22)13-3-5-15(6-4-13)21(23)24/h3-8,10-11H,1-2H3. The first-order valence-corrected chi connectivity index (χ1v) is 7.10. The summed E-state index contributed by atoms with van der Waals surface area (Å²) >= 11 is 0. The van der Waals surface area contributed by atoms with Crippen molar-refractivity contribution in [2.75, 3.05) is 7.11 Å². The first-order chi connectivity index (χ1) is 12.0. The summed E-state index contributed by atoms with van der Waals surface area (Å²) in [5.41, 5.74) is 1.56. The number of oxime groups is 1. The van der Waals surface area contributed by atoms with Crippen LogP contribution >= 0.6 is 0 Å². The van der Waals surface area contributed by atoms with Crippen LogP contribution < -0.4 is 0 Å². The molecule has 0 N–H and O–H groups in total. The van der Waals surface area contributed by atoms with E-state index < -0.39 is 4.92 Å². The molecule has 1 aromatic carbocycles. The number of nitro groups is 1. The number of carbonyl (C=O) groups is 1. The van der Waals surface area contributed by atoms with Gasteiger partial charge in [-0.15, -0.1) is 0 Å². The molecule has 0 bridgehead atoms. The Morgan fingerprint density at radius 2 is 2.04 bits per heavy atom. The van der Waals surface area contributed by atoms with Crippen molar-refractivity contribution < 1.29 is 14.6 Å². The van der Waals surface area contributed by atoms with Crippen LogP contribution in [-0.4, -0.2) is 28.6 Å². The number of aryl methyl sites for hydroxylation is 1. The van der Waals surface area contributed by atoms with Crippen molar-refractivity contribution >= 4 is 23.8 Å². The van der Waals surface area contributed by atoms with E-state index in [0.717, 1.165) is 0 Å². The number of aromatic nitrogens is 1. The largest absolute Gasteiger partial charge is 0.399 e. The van der Waals surface area contributed by atoms with Crippen LogP contribution in [-0.2, 0) is 11.9 Å². The first-order valence-electron chi connectivity index (χ1n) is 7.10. The molecule has 2 aromatic rings. The Morgan fingerprint density at radius 1 is 1.36 bits per heavy atom. The minimum atomic E-state index is -0.523. The second-order valence-corrected chi connectivity index (χ2v) is 5.03. The second kappa shape index (κ2) is 7.70. The van der Waals surface area contributed by atoms with E-state index in [1.54, 1.807) is 30.0 Å². The summed E-state index contributed by atoms with van der Waals surface area (Å²) in [6.45, 7) is 0. The zero-order chi connectivity index (χ0) is 18.4. The van der Waals surface area contributed by atoms with Gasteiger partial charge in [-0.05, 0) is 24.3 Å². The van der Waals surface area contributed by atoms with E-state index in [2.05, 4.69) is 9.99 Å². The molecule has 1 aromatic heterocycles. The molecule has 0 unspecified atom stereocenters. The fourth-order valence-electron chi connectivity index (χ4n) is 2.12.